The summed E-state index contributed by atoms with van der Waals surface area (Å²) in [6.07, 6.45) is 0. The zero-order chi connectivity index (χ0) is 17.9. The van der Waals surface area contributed by atoms with Gasteiger partial charge in [-0.15, -0.1) is 0 Å². The van der Waals surface area contributed by atoms with E-state index in [2.05, 4.69) is 25.0 Å². The molecule has 0 aliphatic rings. The van der Waals surface area contributed by atoms with Crippen molar-refractivity contribution in [2.75, 3.05) is 19.5 Å². The molecule has 0 amide bonds. The van der Waals surface area contributed by atoms with Gasteiger partial charge < -0.3 is 10.1 Å². The van der Waals surface area contributed by atoms with E-state index in [1.54, 1.807) is 48.5 Å². The molecule has 9 heteroatoms. The largest absolute Gasteiger partial charge is 0.495 e. The highest BCUT2D eigenvalue weighted by molar-refractivity contribution is 7.86. The number of hydroxylamine groups is 1. The first kappa shape index (κ1) is 17.1. The molecule has 2 N–H and O–H groups in total. The van der Waals surface area contributed by atoms with Crippen LogP contribution in [0.15, 0.2) is 53.6 Å². The second kappa shape index (κ2) is 7.01. The molecular formula is C16H16N4O4S. The van der Waals surface area contributed by atoms with Crippen LogP contribution in [0, 0.1) is 0 Å². The van der Waals surface area contributed by atoms with Crippen molar-refractivity contribution in [1.82, 2.24) is 15.4 Å². The maximum atomic E-state index is 12.4. The second-order valence-electron chi connectivity index (χ2n) is 4.93. The summed E-state index contributed by atoms with van der Waals surface area (Å²) in [4.78, 5) is 8.58. The Balaban J connectivity index is 2.18. The normalized spacial score (nSPS) is 11.4. The number of hydrogen-bond donors (Lipinski definition) is 2. The van der Waals surface area contributed by atoms with Gasteiger partial charge in [0.15, 0.2) is 5.82 Å². The molecule has 25 heavy (non-hydrogen) atoms. The molecule has 130 valence electrons. The Hall–Kier alpha value is -2.75. The summed E-state index contributed by atoms with van der Waals surface area (Å²) in [5.41, 5.74) is 3.69. The van der Waals surface area contributed by atoms with E-state index in [-0.39, 0.29) is 10.8 Å². The molecule has 2 aromatic carbocycles. The number of rotatable bonds is 6. The lowest BCUT2D eigenvalue weighted by molar-refractivity contribution is 0.230. The Kier molecular flexibility index (Phi) is 4.79. The number of nitrogens with zero attached hydrogens (tertiary/aromatic N) is 2. The molecule has 0 aliphatic heterocycles. The highest BCUT2D eigenvalue weighted by Crippen LogP contribution is 2.30. The van der Waals surface area contributed by atoms with Gasteiger partial charge in [0.25, 0.3) is 0 Å². The van der Waals surface area contributed by atoms with Crippen LogP contribution in [0.25, 0.3) is 11.0 Å². The van der Waals surface area contributed by atoms with Crippen molar-refractivity contribution in [3.63, 3.8) is 0 Å². The molecule has 0 saturated carbocycles. The number of para-hydroxylation sites is 4. The number of aromatic nitrogens is 2. The third kappa shape index (κ3) is 3.53. The molecule has 0 unspecified atom stereocenters. The van der Waals surface area contributed by atoms with Crippen LogP contribution in [0.2, 0.25) is 0 Å². The Morgan fingerprint density at radius 1 is 0.960 bits per heavy atom. The van der Waals surface area contributed by atoms with Gasteiger partial charge in [-0.3, -0.25) is 0 Å². The zero-order valence-corrected chi connectivity index (χ0v) is 14.4. The number of benzene rings is 2. The van der Waals surface area contributed by atoms with Gasteiger partial charge in [0.05, 0.1) is 23.8 Å². The highest BCUT2D eigenvalue weighted by atomic mass is 32.2. The smallest absolute Gasteiger partial charge is 0.334 e. The minimum atomic E-state index is -4.16. The van der Waals surface area contributed by atoms with Crippen LogP contribution in [-0.2, 0) is 14.4 Å². The summed E-state index contributed by atoms with van der Waals surface area (Å²) in [6, 6.07) is 14.0. The molecule has 0 atom stereocenters. The van der Waals surface area contributed by atoms with Gasteiger partial charge in [-0.1, -0.05) is 24.3 Å². The predicted octanol–water partition coefficient (Wildman–Crippen LogP) is 2.22. The SMILES string of the molecule is CNOS(=O)(=O)c1nc2ccccc2nc1Nc1ccccc1OC. The van der Waals surface area contributed by atoms with Crippen LogP contribution in [0.1, 0.15) is 0 Å². The van der Waals surface area contributed by atoms with Gasteiger partial charge >= 0.3 is 10.1 Å². The van der Waals surface area contributed by atoms with Crippen molar-refractivity contribution in [1.29, 1.82) is 0 Å². The Morgan fingerprint density at radius 2 is 1.60 bits per heavy atom. The third-order valence-electron chi connectivity index (χ3n) is 3.33. The van der Waals surface area contributed by atoms with Crippen molar-refractivity contribution in [3.05, 3.63) is 48.5 Å². The van der Waals surface area contributed by atoms with Crippen LogP contribution in [0.3, 0.4) is 0 Å². The summed E-state index contributed by atoms with van der Waals surface area (Å²) >= 11 is 0. The molecule has 0 radical (unpaired) electrons. The fraction of sp³-hybridized carbons (Fsp3) is 0.125. The standard InChI is InChI=1S/C16H16N4O4S/c1-17-24-25(21,22)16-15(18-11-7-3-4-8-12(11)20-16)19-13-9-5-6-10-14(13)23-2/h3-10,17H,1-2H3,(H,18,19). The molecular weight excluding hydrogens is 344 g/mol. The number of anilines is 2. The van der Waals surface area contributed by atoms with E-state index >= 15 is 0 Å². The number of hydrogen-bond acceptors (Lipinski definition) is 8. The Morgan fingerprint density at radius 3 is 2.28 bits per heavy atom. The van der Waals surface area contributed by atoms with Crippen LogP contribution in [-0.4, -0.2) is 32.5 Å². The Bertz CT molecular complexity index is 1010. The van der Waals surface area contributed by atoms with Crippen LogP contribution >= 0.6 is 0 Å². The van der Waals surface area contributed by atoms with E-state index in [0.29, 0.717) is 22.5 Å². The van der Waals surface area contributed by atoms with Crippen molar-refractivity contribution in [2.24, 2.45) is 0 Å². The first-order valence-electron chi connectivity index (χ1n) is 7.32. The molecule has 0 fully saturated rings. The van der Waals surface area contributed by atoms with E-state index in [9.17, 15) is 8.42 Å². The highest BCUT2D eigenvalue weighted by Gasteiger charge is 2.25. The lowest BCUT2D eigenvalue weighted by Crippen LogP contribution is -2.19. The fourth-order valence-electron chi connectivity index (χ4n) is 2.26. The maximum absolute atomic E-state index is 12.4. The van der Waals surface area contributed by atoms with Crippen molar-refractivity contribution in [2.45, 2.75) is 5.03 Å². The van der Waals surface area contributed by atoms with Gasteiger partial charge in [-0.05, 0) is 24.3 Å². The van der Waals surface area contributed by atoms with Crippen LogP contribution in [0.4, 0.5) is 11.5 Å². The van der Waals surface area contributed by atoms with E-state index in [1.807, 2.05) is 0 Å². The topological polar surface area (TPSA) is 102 Å². The van der Waals surface area contributed by atoms with E-state index in [1.165, 1.54) is 14.2 Å². The van der Waals surface area contributed by atoms with Gasteiger partial charge in [0.2, 0.25) is 5.03 Å². The monoisotopic (exact) mass is 360 g/mol. The summed E-state index contributed by atoms with van der Waals surface area (Å²) in [6.45, 7) is 0. The van der Waals surface area contributed by atoms with Gasteiger partial charge in [0, 0.05) is 7.05 Å². The van der Waals surface area contributed by atoms with E-state index < -0.39 is 10.1 Å². The molecule has 1 aromatic heterocycles. The average Bonchev–Trinajstić information content (AvgIpc) is 2.61. The van der Waals surface area contributed by atoms with Gasteiger partial charge in [-0.2, -0.15) is 18.2 Å². The molecule has 8 nitrogen and oxygen atoms in total. The average molecular weight is 360 g/mol. The molecule has 3 rings (SSSR count). The third-order valence-corrected chi connectivity index (χ3v) is 4.47. The number of fused-ring (bicyclic) bond motifs is 1. The molecule has 3 aromatic rings. The summed E-state index contributed by atoms with van der Waals surface area (Å²) in [7, 11) is -1.29. The quantitative estimate of drug-likeness (QED) is 0.645. The van der Waals surface area contributed by atoms with Crippen molar-refractivity contribution < 1.29 is 17.4 Å². The van der Waals surface area contributed by atoms with Crippen molar-refractivity contribution in [3.8, 4) is 5.75 Å². The number of ether oxygens (including phenoxy) is 1. The molecule has 1 heterocycles. The molecule has 0 saturated heterocycles. The summed E-state index contributed by atoms with van der Waals surface area (Å²) in [5, 5.41) is 2.64. The lowest BCUT2D eigenvalue weighted by Gasteiger charge is -2.13. The summed E-state index contributed by atoms with van der Waals surface area (Å²) < 4.78 is 34.7. The first-order valence-corrected chi connectivity index (χ1v) is 8.73. The Labute approximate surface area is 144 Å². The van der Waals surface area contributed by atoms with Crippen LogP contribution in [0.5, 0.6) is 5.75 Å². The summed E-state index contributed by atoms with van der Waals surface area (Å²) in [5.74, 6) is 0.578. The van der Waals surface area contributed by atoms with Crippen LogP contribution < -0.4 is 15.5 Å². The number of methoxy groups -OCH3 is 1. The predicted molar refractivity (Wildman–Crippen MR) is 93.1 cm³/mol. The number of nitrogens with one attached hydrogen (secondary N) is 2. The maximum Gasteiger partial charge on any atom is 0.334 e. The van der Waals surface area contributed by atoms with Gasteiger partial charge in [-0.25, -0.2) is 9.97 Å². The molecule has 0 spiro atoms. The fourth-order valence-corrected chi connectivity index (χ4v) is 3.11. The second-order valence-corrected chi connectivity index (χ2v) is 6.39. The minimum Gasteiger partial charge on any atom is -0.495 e. The van der Waals surface area contributed by atoms with E-state index in [0.717, 1.165) is 0 Å². The van der Waals surface area contributed by atoms with Crippen molar-refractivity contribution >= 4 is 32.7 Å². The van der Waals surface area contributed by atoms with E-state index in [4.69, 9.17) is 4.74 Å². The zero-order valence-electron chi connectivity index (χ0n) is 13.6. The lowest BCUT2D eigenvalue weighted by atomic mass is 10.3. The first-order chi connectivity index (χ1) is 12.0. The molecule has 0 aliphatic carbocycles. The minimum absolute atomic E-state index is 0.0402. The van der Waals surface area contributed by atoms with Gasteiger partial charge in [0.1, 0.15) is 5.75 Å². The molecule has 0 bridgehead atoms.